The SMILES string of the molecule is Cc1ccc(NC(=O)c2cnc(NCCCN(C)C)nc2)cc1Cl. The molecular weight excluding hydrogens is 326 g/mol. The van der Waals surface area contributed by atoms with Crippen molar-refractivity contribution in [2.24, 2.45) is 0 Å². The molecule has 6 nitrogen and oxygen atoms in total. The van der Waals surface area contributed by atoms with Crippen molar-refractivity contribution in [3.05, 3.63) is 46.7 Å². The summed E-state index contributed by atoms with van der Waals surface area (Å²) < 4.78 is 0. The van der Waals surface area contributed by atoms with Gasteiger partial charge in [0.2, 0.25) is 5.95 Å². The first-order valence-electron chi connectivity index (χ1n) is 7.74. The fraction of sp³-hybridized carbons (Fsp3) is 0.353. The van der Waals surface area contributed by atoms with E-state index in [9.17, 15) is 4.79 Å². The molecule has 1 amide bonds. The van der Waals surface area contributed by atoms with Gasteiger partial charge in [0.15, 0.2) is 0 Å². The molecule has 1 aromatic heterocycles. The van der Waals surface area contributed by atoms with Crippen LogP contribution in [0.25, 0.3) is 0 Å². The number of aryl methyl sites for hydroxylation is 1. The molecule has 0 aliphatic carbocycles. The molecule has 0 unspecified atom stereocenters. The molecule has 2 aromatic rings. The van der Waals surface area contributed by atoms with E-state index in [0.29, 0.717) is 22.2 Å². The molecule has 0 fully saturated rings. The molecule has 24 heavy (non-hydrogen) atoms. The number of nitrogens with one attached hydrogen (secondary N) is 2. The van der Waals surface area contributed by atoms with Crippen LogP contribution >= 0.6 is 11.6 Å². The molecule has 2 rings (SSSR count). The number of carbonyl (C=O) groups is 1. The average molecular weight is 348 g/mol. The van der Waals surface area contributed by atoms with Gasteiger partial charge in [-0.25, -0.2) is 9.97 Å². The fourth-order valence-electron chi connectivity index (χ4n) is 2.01. The molecule has 0 atom stereocenters. The number of amides is 1. The molecule has 0 saturated heterocycles. The summed E-state index contributed by atoms with van der Waals surface area (Å²) in [4.78, 5) is 22.6. The van der Waals surface area contributed by atoms with Crippen LogP contribution in [0.2, 0.25) is 5.02 Å². The predicted octanol–water partition coefficient (Wildman–Crippen LogP) is 3.05. The van der Waals surface area contributed by atoms with Crippen molar-refractivity contribution in [1.29, 1.82) is 0 Å². The largest absolute Gasteiger partial charge is 0.354 e. The lowest BCUT2D eigenvalue weighted by Gasteiger charge is -2.10. The van der Waals surface area contributed by atoms with E-state index < -0.39 is 0 Å². The average Bonchev–Trinajstić information content (AvgIpc) is 2.55. The summed E-state index contributed by atoms with van der Waals surface area (Å²) in [5.74, 6) is 0.248. The summed E-state index contributed by atoms with van der Waals surface area (Å²) in [5, 5.41) is 6.53. The van der Waals surface area contributed by atoms with Crippen LogP contribution in [0.5, 0.6) is 0 Å². The standard InChI is InChI=1S/C17H22ClN5O/c1-12-5-6-14(9-15(12)18)22-16(24)13-10-20-17(21-11-13)19-7-4-8-23(2)3/h5-6,9-11H,4,7-8H2,1-3H3,(H,22,24)(H,19,20,21). The number of carbonyl (C=O) groups excluding carboxylic acids is 1. The van der Waals surface area contributed by atoms with Crippen LogP contribution in [-0.2, 0) is 0 Å². The van der Waals surface area contributed by atoms with Gasteiger partial charge in [-0.2, -0.15) is 0 Å². The molecule has 128 valence electrons. The topological polar surface area (TPSA) is 70.2 Å². The number of nitrogens with zero attached hydrogens (tertiary/aromatic N) is 3. The quantitative estimate of drug-likeness (QED) is 0.753. The molecule has 0 aliphatic rings. The lowest BCUT2D eigenvalue weighted by Crippen LogP contribution is -2.17. The molecule has 0 radical (unpaired) electrons. The Morgan fingerprint density at radius 3 is 2.58 bits per heavy atom. The van der Waals surface area contributed by atoms with Crippen LogP contribution < -0.4 is 10.6 Å². The highest BCUT2D eigenvalue weighted by Gasteiger charge is 2.08. The molecule has 0 bridgehead atoms. The minimum Gasteiger partial charge on any atom is -0.354 e. The van der Waals surface area contributed by atoms with Crippen molar-refractivity contribution in [2.75, 3.05) is 37.8 Å². The Bertz CT molecular complexity index is 688. The second kappa shape index (κ2) is 8.61. The second-order valence-corrected chi connectivity index (χ2v) is 6.20. The molecule has 2 N–H and O–H groups in total. The molecule has 0 saturated carbocycles. The first-order valence-corrected chi connectivity index (χ1v) is 8.11. The smallest absolute Gasteiger partial charge is 0.258 e. The highest BCUT2D eigenvalue weighted by Crippen LogP contribution is 2.20. The van der Waals surface area contributed by atoms with E-state index in [1.54, 1.807) is 12.1 Å². The third kappa shape index (κ3) is 5.47. The van der Waals surface area contributed by atoms with Crippen LogP contribution in [0.1, 0.15) is 22.3 Å². The van der Waals surface area contributed by atoms with Gasteiger partial charge in [0.25, 0.3) is 5.91 Å². The van der Waals surface area contributed by atoms with E-state index >= 15 is 0 Å². The minimum atomic E-state index is -0.269. The van der Waals surface area contributed by atoms with E-state index in [4.69, 9.17) is 11.6 Å². The van der Waals surface area contributed by atoms with Crippen molar-refractivity contribution in [1.82, 2.24) is 14.9 Å². The first kappa shape index (κ1) is 18.2. The summed E-state index contributed by atoms with van der Waals surface area (Å²) in [6, 6.07) is 5.38. The third-order valence-electron chi connectivity index (χ3n) is 3.41. The number of anilines is 2. The summed E-state index contributed by atoms with van der Waals surface area (Å²) in [7, 11) is 4.07. The van der Waals surface area contributed by atoms with Gasteiger partial charge in [-0.1, -0.05) is 17.7 Å². The predicted molar refractivity (Wildman–Crippen MR) is 97.8 cm³/mol. The van der Waals surface area contributed by atoms with Gasteiger partial charge in [-0.3, -0.25) is 4.79 Å². The Labute approximate surface area is 147 Å². The maximum atomic E-state index is 12.2. The van der Waals surface area contributed by atoms with E-state index in [1.165, 1.54) is 12.4 Å². The number of aromatic nitrogens is 2. The van der Waals surface area contributed by atoms with Crippen molar-refractivity contribution in [3.8, 4) is 0 Å². The molecule has 1 heterocycles. The van der Waals surface area contributed by atoms with Crippen LogP contribution in [0, 0.1) is 6.92 Å². The highest BCUT2D eigenvalue weighted by atomic mass is 35.5. The van der Waals surface area contributed by atoms with Crippen LogP contribution in [0.4, 0.5) is 11.6 Å². The van der Waals surface area contributed by atoms with E-state index in [0.717, 1.165) is 25.1 Å². The van der Waals surface area contributed by atoms with Crippen molar-refractivity contribution < 1.29 is 4.79 Å². The van der Waals surface area contributed by atoms with Gasteiger partial charge >= 0.3 is 0 Å². The van der Waals surface area contributed by atoms with Gasteiger partial charge in [-0.15, -0.1) is 0 Å². The normalized spacial score (nSPS) is 10.7. The zero-order chi connectivity index (χ0) is 17.5. The Balaban J connectivity index is 1.89. The number of hydrogen-bond acceptors (Lipinski definition) is 5. The Morgan fingerprint density at radius 1 is 1.25 bits per heavy atom. The van der Waals surface area contributed by atoms with Gasteiger partial charge < -0.3 is 15.5 Å². The van der Waals surface area contributed by atoms with Gasteiger partial charge in [-0.05, 0) is 51.7 Å². The second-order valence-electron chi connectivity index (χ2n) is 5.80. The van der Waals surface area contributed by atoms with Crippen molar-refractivity contribution in [2.45, 2.75) is 13.3 Å². The summed E-state index contributed by atoms with van der Waals surface area (Å²) in [5.41, 5.74) is 2.00. The zero-order valence-electron chi connectivity index (χ0n) is 14.1. The van der Waals surface area contributed by atoms with Crippen molar-refractivity contribution in [3.63, 3.8) is 0 Å². The zero-order valence-corrected chi connectivity index (χ0v) is 14.9. The van der Waals surface area contributed by atoms with Crippen LogP contribution in [0.3, 0.4) is 0 Å². The first-order chi connectivity index (χ1) is 11.5. The summed E-state index contributed by atoms with van der Waals surface area (Å²) in [6.07, 6.45) is 4.01. The summed E-state index contributed by atoms with van der Waals surface area (Å²) >= 11 is 6.06. The third-order valence-corrected chi connectivity index (χ3v) is 3.82. The fourth-order valence-corrected chi connectivity index (χ4v) is 2.19. The van der Waals surface area contributed by atoms with Gasteiger partial charge in [0.1, 0.15) is 0 Å². The Hall–Kier alpha value is -2.18. The molecule has 0 spiro atoms. The van der Waals surface area contributed by atoms with E-state index in [2.05, 4.69) is 25.5 Å². The molecular formula is C17H22ClN5O. The lowest BCUT2D eigenvalue weighted by atomic mass is 10.2. The molecule has 1 aromatic carbocycles. The Kier molecular flexibility index (Phi) is 6.52. The van der Waals surface area contributed by atoms with Gasteiger partial charge in [0, 0.05) is 29.6 Å². The summed E-state index contributed by atoms with van der Waals surface area (Å²) in [6.45, 7) is 3.68. The monoisotopic (exact) mass is 347 g/mol. The van der Waals surface area contributed by atoms with Crippen LogP contribution in [0.15, 0.2) is 30.6 Å². The van der Waals surface area contributed by atoms with E-state index in [-0.39, 0.29) is 5.91 Å². The maximum absolute atomic E-state index is 12.2. The number of rotatable bonds is 7. The highest BCUT2D eigenvalue weighted by molar-refractivity contribution is 6.31. The molecule has 7 heteroatoms. The number of halogens is 1. The van der Waals surface area contributed by atoms with Crippen LogP contribution in [-0.4, -0.2) is 48.0 Å². The van der Waals surface area contributed by atoms with Crippen molar-refractivity contribution >= 4 is 29.1 Å². The molecule has 0 aliphatic heterocycles. The maximum Gasteiger partial charge on any atom is 0.258 e. The van der Waals surface area contributed by atoms with E-state index in [1.807, 2.05) is 27.1 Å². The lowest BCUT2D eigenvalue weighted by molar-refractivity contribution is 0.102. The Morgan fingerprint density at radius 2 is 1.96 bits per heavy atom. The van der Waals surface area contributed by atoms with Gasteiger partial charge in [0.05, 0.1) is 5.56 Å². The number of hydrogen-bond donors (Lipinski definition) is 2. The minimum absolute atomic E-state index is 0.269. The number of benzene rings is 1.